The predicted octanol–water partition coefficient (Wildman–Crippen LogP) is 4.48. The Hall–Kier alpha value is -1.49. The molecule has 0 atom stereocenters. The van der Waals surface area contributed by atoms with Gasteiger partial charge in [0, 0.05) is 11.0 Å². The first-order valence-corrected chi connectivity index (χ1v) is 5.98. The number of nitrogens with one attached hydrogen (secondary N) is 1. The maximum atomic E-state index is 13.0. The molecule has 0 amide bonds. The van der Waals surface area contributed by atoms with Crippen LogP contribution in [0.1, 0.15) is 5.56 Å². The van der Waals surface area contributed by atoms with Gasteiger partial charge in [0.15, 0.2) is 11.6 Å². The second kappa shape index (κ2) is 5.44. The Morgan fingerprint density at radius 2 is 1.72 bits per heavy atom. The molecule has 0 spiro atoms. The molecule has 0 saturated carbocycles. The normalized spacial score (nSPS) is 10.4. The first-order chi connectivity index (χ1) is 8.56. The summed E-state index contributed by atoms with van der Waals surface area (Å²) >= 11 is 3.27. The SMILES string of the molecule is Fc1ccc(Br)c(NCc2ccc(F)c(F)c2)c1. The van der Waals surface area contributed by atoms with Gasteiger partial charge in [-0.05, 0) is 51.8 Å². The molecule has 0 unspecified atom stereocenters. The molecule has 0 heterocycles. The Bertz CT molecular complexity index is 572. The second-order valence-electron chi connectivity index (χ2n) is 3.73. The molecule has 2 rings (SSSR count). The molecule has 0 aliphatic carbocycles. The number of rotatable bonds is 3. The van der Waals surface area contributed by atoms with Crippen molar-refractivity contribution in [3.05, 3.63) is 63.9 Å². The van der Waals surface area contributed by atoms with E-state index >= 15 is 0 Å². The summed E-state index contributed by atoms with van der Waals surface area (Å²) < 4.78 is 39.4. The van der Waals surface area contributed by atoms with Gasteiger partial charge in [0.25, 0.3) is 0 Å². The molecule has 2 aromatic carbocycles. The van der Waals surface area contributed by atoms with Crippen molar-refractivity contribution in [3.8, 4) is 0 Å². The monoisotopic (exact) mass is 315 g/mol. The molecular weight excluding hydrogens is 307 g/mol. The third kappa shape index (κ3) is 3.04. The van der Waals surface area contributed by atoms with Crippen LogP contribution in [-0.4, -0.2) is 0 Å². The van der Waals surface area contributed by atoms with Crippen LogP contribution in [-0.2, 0) is 6.54 Å². The lowest BCUT2D eigenvalue weighted by Gasteiger charge is -2.09. The zero-order chi connectivity index (χ0) is 13.1. The Morgan fingerprint density at radius 1 is 0.944 bits per heavy atom. The van der Waals surface area contributed by atoms with Gasteiger partial charge in [-0.25, -0.2) is 13.2 Å². The van der Waals surface area contributed by atoms with E-state index in [1.807, 2.05) is 0 Å². The van der Waals surface area contributed by atoms with Crippen molar-refractivity contribution >= 4 is 21.6 Å². The average molecular weight is 316 g/mol. The molecule has 1 N–H and O–H groups in total. The van der Waals surface area contributed by atoms with Crippen LogP contribution in [0.5, 0.6) is 0 Å². The minimum atomic E-state index is -0.896. The Balaban J connectivity index is 2.11. The topological polar surface area (TPSA) is 12.0 Å². The highest BCUT2D eigenvalue weighted by molar-refractivity contribution is 9.10. The van der Waals surface area contributed by atoms with Crippen molar-refractivity contribution in [2.75, 3.05) is 5.32 Å². The van der Waals surface area contributed by atoms with E-state index in [-0.39, 0.29) is 12.4 Å². The predicted molar refractivity (Wildman–Crippen MR) is 67.8 cm³/mol. The van der Waals surface area contributed by atoms with Gasteiger partial charge in [-0.2, -0.15) is 0 Å². The molecule has 2 aromatic rings. The fourth-order valence-corrected chi connectivity index (χ4v) is 1.87. The first kappa shape index (κ1) is 13.0. The molecule has 0 aromatic heterocycles. The van der Waals surface area contributed by atoms with Crippen molar-refractivity contribution in [1.29, 1.82) is 0 Å². The van der Waals surface area contributed by atoms with E-state index < -0.39 is 11.6 Å². The van der Waals surface area contributed by atoms with Gasteiger partial charge < -0.3 is 5.32 Å². The van der Waals surface area contributed by atoms with Gasteiger partial charge in [0.2, 0.25) is 0 Å². The van der Waals surface area contributed by atoms with Crippen LogP contribution < -0.4 is 5.32 Å². The van der Waals surface area contributed by atoms with E-state index in [9.17, 15) is 13.2 Å². The fourth-order valence-electron chi connectivity index (χ4n) is 1.48. The number of anilines is 1. The number of hydrogen-bond acceptors (Lipinski definition) is 1. The van der Waals surface area contributed by atoms with E-state index in [1.54, 1.807) is 6.07 Å². The van der Waals surface area contributed by atoms with E-state index in [4.69, 9.17) is 0 Å². The molecule has 0 bridgehead atoms. The van der Waals surface area contributed by atoms with Crippen LogP contribution in [0, 0.1) is 17.5 Å². The van der Waals surface area contributed by atoms with E-state index in [0.29, 0.717) is 15.7 Å². The minimum absolute atomic E-state index is 0.277. The maximum absolute atomic E-state index is 13.0. The quantitative estimate of drug-likeness (QED) is 0.880. The lowest BCUT2D eigenvalue weighted by molar-refractivity contribution is 0.507. The Labute approximate surface area is 111 Å². The minimum Gasteiger partial charge on any atom is -0.380 e. The molecule has 0 radical (unpaired) electrons. The largest absolute Gasteiger partial charge is 0.380 e. The number of hydrogen-bond donors (Lipinski definition) is 1. The van der Waals surface area contributed by atoms with E-state index in [1.165, 1.54) is 18.2 Å². The summed E-state index contributed by atoms with van der Waals surface area (Å²) in [7, 11) is 0. The molecule has 94 valence electrons. The van der Waals surface area contributed by atoms with Crippen LogP contribution in [0.3, 0.4) is 0 Å². The summed E-state index contributed by atoms with van der Waals surface area (Å²) in [6, 6.07) is 7.86. The number of halogens is 4. The Morgan fingerprint density at radius 3 is 2.44 bits per heavy atom. The summed E-state index contributed by atoms with van der Waals surface area (Å²) in [5, 5.41) is 2.94. The van der Waals surface area contributed by atoms with Crippen LogP contribution in [0.15, 0.2) is 40.9 Å². The van der Waals surface area contributed by atoms with Gasteiger partial charge in [0.05, 0.1) is 5.69 Å². The van der Waals surface area contributed by atoms with Gasteiger partial charge in [-0.3, -0.25) is 0 Å². The maximum Gasteiger partial charge on any atom is 0.159 e. The lowest BCUT2D eigenvalue weighted by Crippen LogP contribution is -2.01. The van der Waals surface area contributed by atoms with Crippen molar-refractivity contribution in [1.82, 2.24) is 0 Å². The third-order valence-corrected chi connectivity index (χ3v) is 3.09. The zero-order valence-electron chi connectivity index (χ0n) is 9.18. The molecular formula is C13H9BrF3N. The molecule has 1 nitrogen and oxygen atoms in total. The van der Waals surface area contributed by atoms with Crippen LogP contribution in [0.4, 0.5) is 18.9 Å². The molecule has 18 heavy (non-hydrogen) atoms. The summed E-state index contributed by atoms with van der Waals surface area (Å²) in [6.07, 6.45) is 0. The highest BCUT2D eigenvalue weighted by atomic mass is 79.9. The molecule has 0 aliphatic heterocycles. The standard InChI is InChI=1S/C13H9BrF3N/c14-10-3-2-9(15)6-13(10)18-7-8-1-4-11(16)12(17)5-8/h1-6,18H,7H2. The molecule has 0 fully saturated rings. The summed E-state index contributed by atoms with van der Waals surface area (Å²) in [5.74, 6) is -2.15. The van der Waals surface area contributed by atoms with Crippen LogP contribution >= 0.6 is 15.9 Å². The van der Waals surface area contributed by atoms with Crippen LogP contribution in [0.25, 0.3) is 0 Å². The van der Waals surface area contributed by atoms with Crippen molar-refractivity contribution < 1.29 is 13.2 Å². The van der Waals surface area contributed by atoms with Gasteiger partial charge >= 0.3 is 0 Å². The van der Waals surface area contributed by atoms with Gasteiger partial charge in [-0.15, -0.1) is 0 Å². The van der Waals surface area contributed by atoms with E-state index in [0.717, 1.165) is 12.1 Å². The fraction of sp³-hybridized carbons (Fsp3) is 0.0769. The smallest absolute Gasteiger partial charge is 0.159 e. The van der Waals surface area contributed by atoms with Gasteiger partial charge in [-0.1, -0.05) is 6.07 Å². The summed E-state index contributed by atoms with van der Waals surface area (Å²) in [6.45, 7) is 0.277. The average Bonchev–Trinajstić information content (AvgIpc) is 2.34. The summed E-state index contributed by atoms with van der Waals surface area (Å²) in [5.41, 5.74) is 1.13. The second-order valence-corrected chi connectivity index (χ2v) is 4.58. The van der Waals surface area contributed by atoms with E-state index in [2.05, 4.69) is 21.2 Å². The zero-order valence-corrected chi connectivity index (χ0v) is 10.8. The van der Waals surface area contributed by atoms with Crippen molar-refractivity contribution in [2.24, 2.45) is 0 Å². The highest BCUT2D eigenvalue weighted by Gasteiger charge is 2.04. The lowest BCUT2D eigenvalue weighted by atomic mass is 10.2. The molecule has 0 aliphatic rings. The number of benzene rings is 2. The van der Waals surface area contributed by atoms with Crippen molar-refractivity contribution in [2.45, 2.75) is 6.54 Å². The molecule has 0 saturated heterocycles. The van der Waals surface area contributed by atoms with Crippen molar-refractivity contribution in [3.63, 3.8) is 0 Å². The summed E-state index contributed by atoms with van der Waals surface area (Å²) in [4.78, 5) is 0. The van der Waals surface area contributed by atoms with Gasteiger partial charge in [0.1, 0.15) is 5.82 Å². The highest BCUT2D eigenvalue weighted by Crippen LogP contribution is 2.23. The third-order valence-electron chi connectivity index (χ3n) is 2.40. The molecule has 5 heteroatoms. The first-order valence-electron chi connectivity index (χ1n) is 5.19. The van der Waals surface area contributed by atoms with Crippen LogP contribution in [0.2, 0.25) is 0 Å². The Kier molecular flexibility index (Phi) is 3.91.